The van der Waals surface area contributed by atoms with Crippen LogP contribution in [-0.2, 0) is 6.42 Å². The van der Waals surface area contributed by atoms with Crippen LogP contribution in [0, 0.1) is 13.8 Å². The molecule has 1 atom stereocenters. The molecule has 0 aliphatic carbocycles. The van der Waals surface area contributed by atoms with Crippen molar-refractivity contribution in [3.05, 3.63) is 51.5 Å². The molecule has 108 valence electrons. The highest BCUT2D eigenvalue weighted by molar-refractivity contribution is 7.11. The molecule has 1 aromatic heterocycles. The lowest BCUT2D eigenvalue weighted by molar-refractivity contribution is 0.497. The second kappa shape index (κ2) is 7.55. The zero-order valence-electron chi connectivity index (χ0n) is 12.6. The highest BCUT2D eigenvalue weighted by Gasteiger charge is 2.15. The van der Waals surface area contributed by atoms with Crippen molar-refractivity contribution in [2.45, 2.75) is 46.1 Å². The first-order chi connectivity index (χ1) is 9.70. The summed E-state index contributed by atoms with van der Waals surface area (Å²) in [7, 11) is 0. The first kappa shape index (κ1) is 15.2. The standard InChI is InChI=1S/C17H24N2S/c1-4-12-18-16(17-19-13(2)14(3)20-17)11-10-15-8-6-5-7-9-15/h5-9,16,18H,4,10-12H2,1-3H3. The average molecular weight is 288 g/mol. The molecule has 1 heterocycles. The van der Waals surface area contributed by atoms with Crippen LogP contribution in [0.2, 0.25) is 0 Å². The van der Waals surface area contributed by atoms with E-state index in [1.54, 1.807) is 0 Å². The van der Waals surface area contributed by atoms with Crippen molar-refractivity contribution in [1.29, 1.82) is 0 Å². The largest absolute Gasteiger partial charge is 0.308 e. The number of thiazole rings is 1. The van der Waals surface area contributed by atoms with Crippen LogP contribution >= 0.6 is 11.3 Å². The molecular formula is C17H24N2S. The van der Waals surface area contributed by atoms with Crippen molar-refractivity contribution < 1.29 is 0 Å². The minimum Gasteiger partial charge on any atom is -0.308 e. The number of aryl methyl sites for hydroxylation is 3. The zero-order chi connectivity index (χ0) is 14.4. The summed E-state index contributed by atoms with van der Waals surface area (Å²) in [6.45, 7) is 7.52. The van der Waals surface area contributed by atoms with Crippen LogP contribution in [0.5, 0.6) is 0 Å². The van der Waals surface area contributed by atoms with Gasteiger partial charge in [-0.3, -0.25) is 0 Å². The van der Waals surface area contributed by atoms with E-state index >= 15 is 0 Å². The molecule has 0 amide bonds. The Kier molecular flexibility index (Phi) is 5.74. The number of rotatable bonds is 7. The van der Waals surface area contributed by atoms with Gasteiger partial charge in [-0.2, -0.15) is 0 Å². The third-order valence-corrected chi connectivity index (χ3v) is 4.73. The van der Waals surface area contributed by atoms with Crippen LogP contribution in [0.4, 0.5) is 0 Å². The van der Waals surface area contributed by atoms with E-state index in [1.807, 2.05) is 11.3 Å². The van der Waals surface area contributed by atoms with Gasteiger partial charge in [-0.15, -0.1) is 11.3 Å². The minimum absolute atomic E-state index is 0.382. The summed E-state index contributed by atoms with van der Waals surface area (Å²) >= 11 is 1.83. The molecule has 1 aromatic carbocycles. The van der Waals surface area contributed by atoms with Gasteiger partial charge in [0.1, 0.15) is 5.01 Å². The van der Waals surface area contributed by atoms with Crippen molar-refractivity contribution in [1.82, 2.24) is 10.3 Å². The van der Waals surface area contributed by atoms with Crippen LogP contribution in [0.3, 0.4) is 0 Å². The third kappa shape index (κ3) is 4.15. The maximum atomic E-state index is 4.73. The summed E-state index contributed by atoms with van der Waals surface area (Å²) in [5, 5.41) is 4.88. The highest BCUT2D eigenvalue weighted by atomic mass is 32.1. The van der Waals surface area contributed by atoms with Crippen molar-refractivity contribution in [2.75, 3.05) is 6.54 Å². The van der Waals surface area contributed by atoms with Gasteiger partial charge in [0.15, 0.2) is 0 Å². The maximum absolute atomic E-state index is 4.73. The summed E-state index contributed by atoms with van der Waals surface area (Å²) in [4.78, 5) is 6.07. The summed E-state index contributed by atoms with van der Waals surface area (Å²) in [6, 6.07) is 11.1. The van der Waals surface area contributed by atoms with Crippen molar-refractivity contribution in [3.8, 4) is 0 Å². The van der Waals surface area contributed by atoms with E-state index in [9.17, 15) is 0 Å². The molecule has 0 aliphatic heterocycles. The smallest absolute Gasteiger partial charge is 0.110 e. The third-order valence-electron chi connectivity index (χ3n) is 3.55. The van der Waals surface area contributed by atoms with Gasteiger partial charge < -0.3 is 5.32 Å². The van der Waals surface area contributed by atoms with E-state index < -0.39 is 0 Å². The lowest BCUT2D eigenvalue weighted by atomic mass is 10.1. The Hall–Kier alpha value is -1.19. The lowest BCUT2D eigenvalue weighted by Crippen LogP contribution is -2.22. The molecule has 2 rings (SSSR count). The number of nitrogens with zero attached hydrogens (tertiary/aromatic N) is 1. The fourth-order valence-corrected chi connectivity index (χ4v) is 3.27. The van der Waals surface area contributed by atoms with Gasteiger partial charge in [-0.05, 0) is 45.2 Å². The van der Waals surface area contributed by atoms with Crippen LogP contribution in [0.15, 0.2) is 30.3 Å². The first-order valence-corrected chi connectivity index (χ1v) is 8.23. The second-order valence-electron chi connectivity index (χ2n) is 5.22. The number of hydrogen-bond acceptors (Lipinski definition) is 3. The van der Waals surface area contributed by atoms with Crippen molar-refractivity contribution >= 4 is 11.3 Å². The average Bonchev–Trinajstić information content (AvgIpc) is 2.80. The zero-order valence-corrected chi connectivity index (χ0v) is 13.5. The lowest BCUT2D eigenvalue weighted by Gasteiger charge is -2.16. The maximum Gasteiger partial charge on any atom is 0.110 e. The highest BCUT2D eigenvalue weighted by Crippen LogP contribution is 2.26. The van der Waals surface area contributed by atoms with Crippen LogP contribution in [0.1, 0.15) is 46.9 Å². The van der Waals surface area contributed by atoms with Crippen molar-refractivity contribution in [3.63, 3.8) is 0 Å². The Morgan fingerprint density at radius 1 is 1.20 bits per heavy atom. The molecule has 1 N–H and O–H groups in total. The molecule has 0 bridgehead atoms. The summed E-state index contributed by atoms with van der Waals surface area (Å²) in [6.07, 6.45) is 3.36. The summed E-state index contributed by atoms with van der Waals surface area (Å²) < 4.78 is 0. The predicted molar refractivity (Wildman–Crippen MR) is 87.4 cm³/mol. The normalized spacial score (nSPS) is 12.6. The number of nitrogens with one attached hydrogen (secondary N) is 1. The Morgan fingerprint density at radius 3 is 2.55 bits per heavy atom. The van der Waals surface area contributed by atoms with Gasteiger partial charge >= 0.3 is 0 Å². The Bertz CT molecular complexity index is 500. The summed E-state index contributed by atoms with van der Waals surface area (Å²) in [5.41, 5.74) is 2.58. The molecule has 0 radical (unpaired) electrons. The molecule has 3 heteroatoms. The number of hydrogen-bond donors (Lipinski definition) is 1. The number of benzene rings is 1. The fraction of sp³-hybridized carbons (Fsp3) is 0.471. The van der Waals surface area contributed by atoms with Gasteiger partial charge in [0.05, 0.1) is 11.7 Å². The molecule has 0 saturated carbocycles. The fourth-order valence-electron chi connectivity index (χ4n) is 2.23. The van der Waals surface area contributed by atoms with Gasteiger partial charge in [0.2, 0.25) is 0 Å². The second-order valence-corrected chi connectivity index (χ2v) is 6.46. The van der Waals surface area contributed by atoms with E-state index in [2.05, 4.69) is 56.4 Å². The molecule has 0 spiro atoms. The monoisotopic (exact) mass is 288 g/mol. The van der Waals surface area contributed by atoms with Crippen molar-refractivity contribution in [2.24, 2.45) is 0 Å². The molecular weight excluding hydrogens is 264 g/mol. The summed E-state index contributed by atoms with van der Waals surface area (Å²) in [5.74, 6) is 0. The minimum atomic E-state index is 0.382. The Balaban J connectivity index is 2.03. The Labute approximate surface area is 126 Å². The molecule has 0 saturated heterocycles. The SMILES string of the molecule is CCCNC(CCc1ccccc1)c1nc(C)c(C)s1. The van der Waals surface area contributed by atoms with E-state index in [0.717, 1.165) is 25.8 Å². The van der Waals surface area contributed by atoms with E-state index in [4.69, 9.17) is 4.98 Å². The van der Waals surface area contributed by atoms with Crippen LogP contribution < -0.4 is 5.32 Å². The van der Waals surface area contributed by atoms with Gasteiger partial charge in [0, 0.05) is 4.88 Å². The Morgan fingerprint density at radius 2 is 1.95 bits per heavy atom. The predicted octanol–water partition coefficient (Wildman–Crippen LogP) is 4.43. The van der Waals surface area contributed by atoms with Crippen LogP contribution in [0.25, 0.3) is 0 Å². The first-order valence-electron chi connectivity index (χ1n) is 7.42. The molecule has 2 aromatic rings. The van der Waals surface area contributed by atoms with Gasteiger partial charge in [-0.1, -0.05) is 37.3 Å². The van der Waals surface area contributed by atoms with E-state index in [-0.39, 0.29) is 0 Å². The van der Waals surface area contributed by atoms with Gasteiger partial charge in [-0.25, -0.2) is 4.98 Å². The topological polar surface area (TPSA) is 24.9 Å². The van der Waals surface area contributed by atoms with E-state index in [1.165, 1.54) is 21.1 Å². The van der Waals surface area contributed by atoms with Gasteiger partial charge in [0.25, 0.3) is 0 Å². The quantitative estimate of drug-likeness (QED) is 0.815. The van der Waals surface area contributed by atoms with E-state index in [0.29, 0.717) is 6.04 Å². The number of aromatic nitrogens is 1. The molecule has 0 fully saturated rings. The molecule has 0 aliphatic rings. The molecule has 20 heavy (non-hydrogen) atoms. The van der Waals surface area contributed by atoms with Crippen LogP contribution in [-0.4, -0.2) is 11.5 Å². The molecule has 1 unspecified atom stereocenters. The molecule has 2 nitrogen and oxygen atoms in total.